The van der Waals surface area contributed by atoms with Crippen molar-refractivity contribution in [3.8, 4) is 11.4 Å². The molecule has 32 heavy (non-hydrogen) atoms. The third-order valence-corrected chi connectivity index (χ3v) is 6.69. The summed E-state index contributed by atoms with van der Waals surface area (Å²) in [6.45, 7) is 5.25. The molecule has 1 saturated carbocycles. The molecule has 2 heterocycles. The van der Waals surface area contributed by atoms with Gasteiger partial charge in [0.1, 0.15) is 5.75 Å². The van der Waals surface area contributed by atoms with Gasteiger partial charge in [0.25, 0.3) is 0 Å². The topological polar surface area (TPSA) is 75.9 Å². The van der Waals surface area contributed by atoms with Crippen molar-refractivity contribution in [1.29, 1.82) is 0 Å². The highest BCUT2D eigenvalue weighted by Crippen LogP contribution is 2.33. The summed E-state index contributed by atoms with van der Waals surface area (Å²) in [5.74, 6) is 1.66. The predicted octanol–water partition coefficient (Wildman–Crippen LogP) is 2.58. The van der Waals surface area contributed by atoms with E-state index < -0.39 is 0 Å². The highest BCUT2D eigenvalue weighted by Gasteiger charge is 2.38. The Morgan fingerprint density at radius 2 is 1.84 bits per heavy atom. The molecule has 1 aliphatic carbocycles. The molecule has 2 fully saturated rings. The summed E-state index contributed by atoms with van der Waals surface area (Å²) in [5.41, 5.74) is 2.17. The molecule has 0 unspecified atom stereocenters. The van der Waals surface area contributed by atoms with Crippen molar-refractivity contribution in [2.75, 3.05) is 47.0 Å². The zero-order valence-corrected chi connectivity index (χ0v) is 19.3. The number of guanidine groups is 1. The van der Waals surface area contributed by atoms with Crippen LogP contribution in [0.1, 0.15) is 37.8 Å². The van der Waals surface area contributed by atoms with Crippen molar-refractivity contribution < 1.29 is 9.47 Å². The Bertz CT molecular complexity index is 867. The molecule has 0 atom stereocenters. The van der Waals surface area contributed by atoms with Crippen LogP contribution in [-0.2, 0) is 11.3 Å². The summed E-state index contributed by atoms with van der Waals surface area (Å²) in [5, 5.41) is 11.7. The van der Waals surface area contributed by atoms with Crippen molar-refractivity contribution in [3.05, 3.63) is 42.2 Å². The SMILES string of the molecule is CN=C(NCc1ccn(-c2ccc(OC)cc2)n1)NCC1(N2CCOCC2)CCCCC1. The van der Waals surface area contributed by atoms with Gasteiger partial charge >= 0.3 is 0 Å². The van der Waals surface area contributed by atoms with Crippen LogP contribution in [0.15, 0.2) is 41.5 Å². The monoisotopic (exact) mass is 440 g/mol. The summed E-state index contributed by atoms with van der Waals surface area (Å²) in [7, 11) is 3.50. The molecule has 174 valence electrons. The molecule has 4 rings (SSSR count). The van der Waals surface area contributed by atoms with E-state index in [-0.39, 0.29) is 5.54 Å². The Kier molecular flexibility index (Phi) is 7.65. The van der Waals surface area contributed by atoms with Gasteiger partial charge in [-0.25, -0.2) is 4.68 Å². The third kappa shape index (κ3) is 5.42. The highest BCUT2D eigenvalue weighted by molar-refractivity contribution is 5.79. The lowest BCUT2D eigenvalue weighted by molar-refractivity contribution is -0.0352. The van der Waals surface area contributed by atoms with E-state index in [0.717, 1.165) is 55.9 Å². The van der Waals surface area contributed by atoms with Crippen LogP contribution in [0.4, 0.5) is 0 Å². The highest BCUT2D eigenvalue weighted by atomic mass is 16.5. The van der Waals surface area contributed by atoms with E-state index in [9.17, 15) is 0 Å². The largest absolute Gasteiger partial charge is 0.497 e. The van der Waals surface area contributed by atoms with Gasteiger partial charge in [0.2, 0.25) is 0 Å². The number of hydrogen-bond donors (Lipinski definition) is 2. The smallest absolute Gasteiger partial charge is 0.191 e. The number of ether oxygens (including phenoxy) is 2. The first-order chi connectivity index (χ1) is 15.7. The molecular weight excluding hydrogens is 404 g/mol. The van der Waals surface area contributed by atoms with Gasteiger partial charge in [-0.15, -0.1) is 0 Å². The predicted molar refractivity (Wildman–Crippen MR) is 127 cm³/mol. The van der Waals surface area contributed by atoms with E-state index >= 15 is 0 Å². The molecule has 2 aromatic rings. The Morgan fingerprint density at radius 3 is 2.53 bits per heavy atom. The lowest BCUT2D eigenvalue weighted by Crippen LogP contribution is -2.60. The number of hydrogen-bond acceptors (Lipinski definition) is 5. The van der Waals surface area contributed by atoms with Crippen LogP contribution >= 0.6 is 0 Å². The van der Waals surface area contributed by atoms with Crippen molar-refractivity contribution in [2.45, 2.75) is 44.2 Å². The minimum absolute atomic E-state index is 0.204. The fourth-order valence-electron chi connectivity index (χ4n) is 4.83. The van der Waals surface area contributed by atoms with Gasteiger partial charge < -0.3 is 20.1 Å². The molecule has 2 aliphatic rings. The van der Waals surface area contributed by atoms with Gasteiger partial charge in [0.15, 0.2) is 5.96 Å². The quantitative estimate of drug-likeness (QED) is 0.509. The molecule has 0 radical (unpaired) electrons. The minimum atomic E-state index is 0.204. The zero-order valence-electron chi connectivity index (χ0n) is 19.3. The maximum atomic E-state index is 5.60. The number of nitrogens with zero attached hydrogens (tertiary/aromatic N) is 4. The fourth-order valence-corrected chi connectivity index (χ4v) is 4.83. The van der Waals surface area contributed by atoms with Crippen LogP contribution in [0, 0.1) is 0 Å². The van der Waals surface area contributed by atoms with Gasteiger partial charge in [0, 0.05) is 38.4 Å². The maximum Gasteiger partial charge on any atom is 0.191 e. The van der Waals surface area contributed by atoms with E-state index in [4.69, 9.17) is 9.47 Å². The van der Waals surface area contributed by atoms with E-state index in [1.807, 2.05) is 48.3 Å². The third-order valence-electron chi connectivity index (χ3n) is 6.69. The summed E-state index contributed by atoms with van der Waals surface area (Å²) in [6, 6.07) is 9.91. The fraction of sp³-hybridized carbons (Fsp3) is 0.583. The number of aromatic nitrogens is 2. The number of rotatable bonds is 7. The first-order valence-electron chi connectivity index (χ1n) is 11.7. The number of nitrogens with one attached hydrogen (secondary N) is 2. The Morgan fingerprint density at radius 1 is 1.09 bits per heavy atom. The van der Waals surface area contributed by atoms with Crippen molar-refractivity contribution in [2.24, 2.45) is 4.99 Å². The lowest BCUT2D eigenvalue weighted by Gasteiger charge is -2.48. The second-order valence-electron chi connectivity index (χ2n) is 8.61. The second kappa shape index (κ2) is 10.8. The van der Waals surface area contributed by atoms with Crippen molar-refractivity contribution in [1.82, 2.24) is 25.3 Å². The molecule has 0 amide bonds. The number of benzene rings is 1. The van der Waals surface area contributed by atoms with Crippen LogP contribution in [0.5, 0.6) is 5.75 Å². The Balaban J connectivity index is 1.33. The average Bonchev–Trinajstić information content (AvgIpc) is 3.34. The van der Waals surface area contributed by atoms with Gasteiger partial charge in [-0.3, -0.25) is 9.89 Å². The molecule has 8 nitrogen and oxygen atoms in total. The first-order valence-corrected chi connectivity index (χ1v) is 11.7. The summed E-state index contributed by atoms with van der Waals surface area (Å²) in [4.78, 5) is 7.10. The van der Waals surface area contributed by atoms with E-state index in [1.165, 1.54) is 32.1 Å². The average molecular weight is 441 g/mol. The van der Waals surface area contributed by atoms with Crippen LogP contribution in [-0.4, -0.2) is 73.2 Å². The van der Waals surface area contributed by atoms with E-state index in [2.05, 4.69) is 25.6 Å². The Hall–Kier alpha value is -2.58. The van der Waals surface area contributed by atoms with E-state index in [1.54, 1.807) is 7.11 Å². The summed E-state index contributed by atoms with van der Waals surface area (Å²) >= 11 is 0. The van der Waals surface area contributed by atoms with Crippen LogP contribution in [0.2, 0.25) is 0 Å². The van der Waals surface area contributed by atoms with E-state index in [0.29, 0.717) is 6.54 Å². The molecule has 0 bridgehead atoms. The summed E-state index contributed by atoms with van der Waals surface area (Å²) in [6.07, 6.45) is 8.40. The zero-order chi connectivity index (χ0) is 22.2. The number of aliphatic imine (C=N–C) groups is 1. The molecular formula is C24H36N6O2. The summed E-state index contributed by atoms with van der Waals surface area (Å²) < 4.78 is 12.7. The number of morpholine rings is 1. The molecule has 1 aliphatic heterocycles. The van der Waals surface area contributed by atoms with Crippen molar-refractivity contribution in [3.63, 3.8) is 0 Å². The minimum Gasteiger partial charge on any atom is -0.497 e. The number of methoxy groups -OCH3 is 1. The molecule has 8 heteroatoms. The van der Waals surface area contributed by atoms with Crippen LogP contribution < -0.4 is 15.4 Å². The van der Waals surface area contributed by atoms with Gasteiger partial charge in [0.05, 0.1) is 38.2 Å². The van der Waals surface area contributed by atoms with Gasteiger partial charge in [-0.05, 0) is 43.2 Å². The van der Waals surface area contributed by atoms with Gasteiger partial charge in [-0.2, -0.15) is 5.10 Å². The van der Waals surface area contributed by atoms with Crippen molar-refractivity contribution >= 4 is 5.96 Å². The van der Waals surface area contributed by atoms with Crippen LogP contribution in [0.25, 0.3) is 5.69 Å². The molecule has 0 spiro atoms. The lowest BCUT2D eigenvalue weighted by atomic mass is 9.80. The maximum absolute atomic E-state index is 5.60. The normalized spacial score (nSPS) is 19.5. The standard InChI is InChI=1S/C24H36N6O2/c1-25-23(27-19-24(11-4-3-5-12-24)29-14-16-32-17-15-29)26-18-20-10-13-30(28-20)21-6-8-22(31-2)9-7-21/h6-10,13H,3-5,11-12,14-19H2,1-2H3,(H2,25,26,27). The molecule has 1 saturated heterocycles. The van der Waals surface area contributed by atoms with Gasteiger partial charge in [-0.1, -0.05) is 19.3 Å². The Labute approximate surface area is 191 Å². The molecule has 2 N–H and O–H groups in total. The molecule has 1 aromatic carbocycles. The second-order valence-corrected chi connectivity index (χ2v) is 8.61. The van der Waals surface area contributed by atoms with Crippen LogP contribution in [0.3, 0.4) is 0 Å². The molecule has 1 aromatic heterocycles. The first kappa shape index (κ1) is 22.6.